The van der Waals surface area contributed by atoms with Crippen molar-refractivity contribution in [1.82, 2.24) is 9.55 Å². The van der Waals surface area contributed by atoms with Gasteiger partial charge >= 0.3 is 5.69 Å². The number of rotatable bonds is 6. The Morgan fingerprint density at radius 2 is 1.96 bits per heavy atom. The van der Waals surface area contributed by atoms with Gasteiger partial charge < -0.3 is 0 Å². The molecule has 0 fully saturated rings. The van der Waals surface area contributed by atoms with Crippen molar-refractivity contribution >= 4 is 27.4 Å². The van der Waals surface area contributed by atoms with Crippen LogP contribution in [0.25, 0.3) is 10.9 Å². The quantitative estimate of drug-likeness (QED) is 0.536. The van der Waals surface area contributed by atoms with Crippen molar-refractivity contribution in [3.63, 3.8) is 0 Å². The minimum atomic E-state index is -3.48. The fourth-order valence-electron chi connectivity index (χ4n) is 2.94. The summed E-state index contributed by atoms with van der Waals surface area (Å²) in [6, 6.07) is 7.61. The summed E-state index contributed by atoms with van der Waals surface area (Å²) in [6.07, 6.45) is 2.18. The predicted octanol–water partition coefficient (Wildman–Crippen LogP) is 4.92. The first-order valence-electron chi connectivity index (χ1n) is 8.68. The van der Waals surface area contributed by atoms with E-state index in [2.05, 4.69) is 9.71 Å². The maximum Gasteiger partial charge on any atom is 0.348 e. The number of aromatic nitrogens is 2. The Kier molecular flexibility index (Phi) is 5.69. The smallest absolute Gasteiger partial charge is 0.292 e. The summed E-state index contributed by atoms with van der Waals surface area (Å²) in [5.74, 6) is -2.58. The van der Waals surface area contributed by atoms with Crippen LogP contribution in [0.5, 0.6) is 0 Å². The largest absolute Gasteiger partial charge is 0.348 e. The van der Waals surface area contributed by atoms with E-state index in [0.717, 1.165) is 6.42 Å². The molecule has 3 aromatic rings. The molecule has 9 heteroatoms. The zero-order valence-corrected chi connectivity index (χ0v) is 16.3. The van der Waals surface area contributed by atoms with Gasteiger partial charge in [0.25, 0.3) is 0 Å². The maximum atomic E-state index is 14.0. The molecule has 0 aliphatic heterocycles. The molecule has 6 nitrogen and oxygen atoms in total. The third kappa shape index (κ3) is 4.16. The molecule has 0 saturated heterocycles. The molecule has 1 aromatic heterocycles. The minimum absolute atomic E-state index is 0. The van der Waals surface area contributed by atoms with E-state index in [1.807, 2.05) is 6.92 Å². The average molecular weight is 411 g/mol. The second-order valence-electron chi connectivity index (χ2n) is 6.55. The molecule has 3 rings (SSSR count). The Labute approximate surface area is 163 Å². The van der Waals surface area contributed by atoms with Crippen LogP contribution in [0, 0.1) is 18.6 Å². The summed E-state index contributed by atoms with van der Waals surface area (Å²) in [6.45, 7) is 3.90. The summed E-state index contributed by atoms with van der Waals surface area (Å²) in [5.41, 5.74) is 0.705. The highest BCUT2D eigenvalue weighted by Gasteiger charge is 2.19. The topological polar surface area (TPSA) is 87.4 Å². The van der Waals surface area contributed by atoms with E-state index in [-0.39, 0.29) is 18.2 Å². The molecular formula is C19H23F2N3O3S. The van der Waals surface area contributed by atoms with Crippen molar-refractivity contribution in [3.8, 4) is 0 Å². The lowest BCUT2D eigenvalue weighted by molar-refractivity contribution is 0.480. The van der Waals surface area contributed by atoms with Crippen LogP contribution in [0.4, 0.5) is 14.5 Å². The highest BCUT2D eigenvalue weighted by atomic mass is 32.3. The number of benzene rings is 2. The van der Waals surface area contributed by atoms with Gasteiger partial charge in [-0.05, 0) is 37.1 Å². The van der Waals surface area contributed by atoms with E-state index < -0.39 is 28.2 Å². The number of hydrogen-bond donors (Lipinski definition) is 3. The molecule has 0 unspecified atom stereocenters. The summed E-state index contributed by atoms with van der Waals surface area (Å²) in [5, 5.41) is 0.640. The van der Waals surface area contributed by atoms with Gasteiger partial charge in [-0.2, -0.15) is 0 Å². The molecule has 1 heterocycles. The van der Waals surface area contributed by atoms with E-state index in [1.54, 1.807) is 22.8 Å². The van der Waals surface area contributed by atoms with Crippen molar-refractivity contribution in [1.29, 1.82) is 0 Å². The lowest BCUT2D eigenvalue weighted by atomic mass is 10.1. The lowest BCUT2D eigenvalue weighted by Gasteiger charge is -2.34. The molecule has 0 spiro atoms. The Morgan fingerprint density at radius 1 is 1.21 bits per heavy atom. The van der Waals surface area contributed by atoms with Crippen LogP contribution in [0.15, 0.2) is 41.3 Å². The maximum absolute atomic E-state index is 14.0. The molecule has 0 aliphatic carbocycles. The molecule has 0 saturated carbocycles. The Morgan fingerprint density at radius 3 is 2.68 bits per heavy atom. The number of halogens is 2. The molecule has 0 radical (unpaired) electrons. The van der Waals surface area contributed by atoms with E-state index >= 15 is 0 Å². The van der Waals surface area contributed by atoms with Gasteiger partial charge in [-0.1, -0.05) is 19.1 Å². The number of hydrogen-bond acceptors (Lipinski definition) is 5. The Bertz CT molecular complexity index is 1090. The highest BCUT2D eigenvalue weighted by Crippen LogP contribution is 2.43. The van der Waals surface area contributed by atoms with Crippen molar-refractivity contribution in [2.45, 2.75) is 32.6 Å². The zero-order valence-electron chi connectivity index (χ0n) is 15.4. The molecule has 0 bridgehead atoms. The Balaban J connectivity index is 0.00000300. The number of aryl methyl sites for hydroxylation is 2. The second-order valence-corrected chi connectivity index (χ2v) is 8.38. The van der Waals surface area contributed by atoms with Crippen molar-refractivity contribution in [2.75, 3.05) is 4.72 Å². The molecule has 0 aliphatic rings. The monoisotopic (exact) mass is 411 g/mol. The second kappa shape index (κ2) is 7.86. The van der Waals surface area contributed by atoms with Crippen LogP contribution in [0.1, 0.15) is 25.9 Å². The first-order chi connectivity index (χ1) is 13.2. The van der Waals surface area contributed by atoms with E-state index in [4.69, 9.17) is 0 Å². The average Bonchev–Trinajstić information content (AvgIpc) is 2.64. The number of nitrogens with zero attached hydrogens (tertiary/aromatic N) is 2. The first-order valence-corrected chi connectivity index (χ1v) is 10.4. The first kappa shape index (κ1) is 20.2. The molecule has 2 aromatic carbocycles. The van der Waals surface area contributed by atoms with Crippen LogP contribution >= 0.6 is 10.8 Å². The van der Waals surface area contributed by atoms with Gasteiger partial charge in [0, 0.05) is 25.1 Å². The summed E-state index contributed by atoms with van der Waals surface area (Å²) in [7, 11) is -3.48. The van der Waals surface area contributed by atoms with Crippen LogP contribution in [0.3, 0.4) is 0 Å². The van der Waals surface area contributed by atoms with E-state index in [9.17, 15) is 22.7 Å². The van der Waals surface area contributed by atoms with Crippen molar-refractivity contribution < 1.29 is 19.3 Å². The number of fused-ring (bicyclic) bond motifs is 1. The van der Waals surface area contributed by atoms with Gasteiger partial charge in [-0.15, -0.1) is 10.8 Å². The van der Waals surface area contributed by atoms with Gasteiger partial charge in [0.2, 0.25) is 0 Å². The highest BCUT2D eigenvalue weighted by molar-refractivity contribution is 8.24. The fraction of sp³-hybridized carbons (Fsp3) is 0.263. The van der Waals surface area contributed by atoms with Crippen LogP contribution < -0.4 is 10.4 Å². The van der Waals surface area contributed by atoms with Crippen molar-refractivity contribution in [3.05, 3.63) is 69.8 Å². The van der Waals surface area contributed by atoms with Gasteiger partial charge in [-0.25, -0.2) is 18.6 Å². The van der Waals surface area contributed by atoms with Crippen LogP contribution in [-0.4, -0.2) is 18.7 Å². The fourth-order valence-corrected chi connectivity index (χ4v) is 4.18. The molecule has 0 amide bonds. The van der Waals surface area contributed by atoms with Gasteiger partial charge in [0.15, 0.2) is 11.6 Å². The van der Waals surface area contributed by atoms with Gasteiger partial charge in [0.1, 0.15) is 0 Å². The minimum Gasteiger partial charge on any atom is -0.292 e. The van der Waals surface area contributed by atoms with Crippen LogP contribution in [0.2, 0.25) is 0 Å². The van der Waals surface area contributed by atoms with E-state index in [1.165, 1.54) is 25.3 Å². The van der Waals surface area contributed by atoms with Gasteiger partial charge in [0.05, 0.1) is 17.0 Å². The summed E-state index contributed by atoms with van der Waals surface area (Å²) in [4.78, 5) is 15.7. The third-order valence-electron chi connectivity index (χ3n) is 4.30. The summed E-state index contributed by atoms with van der Waals surface area (Å²) < 4.78 is 52.5. The van der Waals surface area contributed by atoms with Crippen molar-refractivity contribution in [2.24, 2.45) is 0 Å². The van der Waals surface area contributed by atoms with Crippen LogP contribution in [-0.2, 0) is 12.3 Å². The summed E-state index contributed by atoms with van der Waals surface area (Å²) >= 11 is 0. The van der Waals surface area contributed by atoms with Gasteiger partial charge in [-0.3, -0.25) is 18.4 Å². The number of anilines is 1. The molecule has 3 N–H and O–H groups in total. The third-order valence-corrected chi connectivity index (χ3v) is 5.58. The Hall–Kier alpha value is -2.49. The standard InChI is InChI=1S/C19H21F2N3O3S.H2/c1-3-8-24-16-7-6-15(9-14(16)10-22-19(24)25)23-28(26,27)11-13-5-4-12(2)17(20)18(13)21;/h4-7,9-10,23,26-27H,3,8,11H2,1-2H3;1H. The SMILES string of the molecule is CCCn1c(=O)ncc2cc(NS(O)(O)Cc3ccc(C)c(F)c3F)ccc21.[HH]. The normalized spacial score (nSPS) is 12.4. The molecule has 0 atom stereocenters. The molecule has 28 heavy (non-hydrogen) atoms. The molecule has 152 valence electrons. The van der Waals surface area contributed by atoms with E-state index in [0.29, 0.717) is 23.1 Å². The lowest BCUT2D eigenvalue weighted by Crippen LogP contribution is -2.22. The number of nitrogens with one attached hydrogen (secondary N) is 1. The predicted molar refractivity (Wildman–Crippen MR) is 110 cm³/mol. The zero-order chi connectivity index (χ0) is 20.5. The molecular weight excluding hydrogens is 388 g/mol.